The molecule has 0 atom stereocenters. The molecule has 3 aromatic carbocycles. The van der Waals surface area contributed by atoms with Crippen LogP contribution in [-0.2, 0) is 5.75 Å². The second-order valence-electron chi connectivity index (χ2n) is 6.24. The van der Waals surface area contributed by atoms with Gasteiger partial charge in [0, 0.05) is 5.75 Å². The largest absolute Gasteiger partial charge is 0.268 e. The number of hydrogen-bond donors (Lipinski definition) is 0. The van der Waals surface area contributed by atoms with E-state index in [0.29, 0.717) is 32.9 Å². The van der Waals surface area contributed by atoms with Crippen LogP contribution < -0.4 is 5.56 Å². The summed E-state index contributed by atoms with van der Waals surface area (Å²) in [4.78, 5) is 17.7. The Balaban J connectivity index is 1.83. The standard InChI is InChI=1S/C22H13F2N3OS/c23-16-6-8-17(9-7-16)27-21(28)18-3-1-2-4-20(18)26-22(27)29-13-15-11-14(12-25)5-10-19(15)24/h1-11H,13H2. The van der Waals surface area contributed by atoms with Gasteiger partial charge in [-0.15, -0.1) is 0 Å². The van der Waals surface area contributed by atoms with E-state index in [1.165, 1.54) is 58.8 Å². The minimum atomic E-state index is -0.437. The van der Waals surface area contributed by atoms with Crippen molar-refractivity contribution >= 4 is 22.7 Å². The number of rotatable bonds is 4. The van der Waals surface area contributed by atoms with E-state index >= 15 is 0 Å². The molecule has 0 aliphatic rings. The van der Waals surface area contributed by atoms with Gasteiger partial charge in [-0.3, -0.25) is 9.36 Å². The molecular weight excluding hydrogens is 392 g/mol. The minimum Gasteiger partial charge on any atom is -0.268 e. The predicted octanol–water partition coefficient (Wildman–Crippen LogP) is 4.83. The van der Waals surface area contributed by atoms with Gasteiger partial charge < -0.3 is 0 Å². The summed E-state index contributed by atoms with van der Waals surface area (Å²) in [6.45, 7) is 0. The molecule has 1 aromatic heterocycles. The second kappa shape index (κ2) is 7.86. The van der Waals surface area contributed by atoms with Crippen molar-refractivity contribution in [2.75, 3.05) is 0 Å². The van der Waals surface area contributed by atoms with Crippen LogP contribution in [-0.4, -0.2) is 9.55 Å². The molecule has 4 nitrogen and oxygen atoms in total. The number of para-hydroxylation sites is 1. The molecule has 1 heterocycles. The van der Waals surface area contributed by atoms with Crippen molar-refractivity contribution in [1.82, 2.24) is 9.55 Å². The fourth-order valence-electron chi connectivity index (χ4n) is 2.92. The van der Waals surface area contributed by atoms with Crippen LogP contribution >= 0.6 is 11.8 Å². The Hall–Kier alpha value is -3.50. The summed E-state index contributed by atoms with van der Waals surface area (Å²) in [7, 11) is 0. The smallest absolute Gasteiger partial charge is 0.266 e. The first-order valence-corrected chi connectivity index (χ1v) is 9.64. The summed E-state index contributed by atoms with van der Waals surface area (Å²) in [5, 5.41) is 9.82. The van der Waals surface area contributed by atoms with Gasteiger partial charge in [-0.1, -0.05) is 23.9 Å². The molecule has 0 radical (unpaired) electrons. The zero-order chi connectivity index (χ0) is 20.4. The first kappa shape index (κ1) is 18.8. The highest BCUT2D eigenvalue weighted by Crippen LogP contribution is 2.26. The maximum Gasteiger partial charge on any atom is 0.266 e. The lowest BCUT2D eigenvalue weighted by atomic mass is 10.1. The maximum atomic E-state index is 14.2. The average Bonchev–Trinajstić information content (AvgIpc) is 2.74. The van der Waals surface area contributed by atoms with Gasteiger partial charge in [-0.05, 0) is 60.2 Å². The Bertz CT molecular complexity index is 1310. The Morgan fingerprint density at radius 2 is 1.79 bits per heavy atom. The van der Waals surface area contributed by atoms with Gasteiger partial charge in [0.25, 0.3) is 5.56 Å². The number of nitrogens with zero attached hydrogens (tertiary/aromatic N) is 3. The SMILES string of the molecule is N#Cc1ccc(F)c(CSc2nc3ccccc3c(=O)n2-c2ccc(F)cc2)c1. The average molecular weight is 405 g/mol. The summed E-state index contributed by atoms with van der Waals surface area (Å²) >= 11 is 1.17. The molecule has 29 heavy (non-hydrogen) atoms. The molecule has 0 aliphatic heterocycles. The molecule has 0 N–H and O–H groups in total. The molecule has 7 heteroatoms. The van der Waals surface area contributed by atoms with Crippen molar-refractivity contribution in [1.29, 1.82) is 5.26 Å². The highest BCUT2D eigenvalue weighted by molar-refractivity contribution is 7.98. The fourth-order valence-corrected chi connectivity index (χ4v) is 3.91. The number of halogens is 2. The fraction of sp³-hybridized carbons (Fsp3) is 0.0455. The predicted molar refractivity (Wildman–Crippen MR) is 108 cm³/mol. The Morgan fingerprint density at radius 3 is 2.55 bits per heavy atom. The van der Waals surface area contributed by atoms with Crippen LogP contribution in [0.2, 0.25) is 0 Å². The molecule has 0 saturated carbocycles. The summed E-state index contributed by atoms with van der Waals surface area (Å²) in [6, 6.07) is 18.6. The highest BCUT2D eigenvalue weighted by Gasteiger charge is 2.14. The lowest BCUT2D eigenvalue weighted by Gasteiger charge is -2.13. The van der Waals surface area contributed by atoms with E-state index in [-0.39, 0.29) is 11.3 Å². The van der Waals surface area contributed by atoms with Crippen LogP contribution in [0.3, 0.4) is 0 Å². The summed E-state index contributed by atoms with van der Waals surface area (Å²) < 4.78 is 28.9. The second-order valence-corrected chi connectivity index (χ2v) is 7.18. The molecule has 0 aliphatic carbocycles. The summed E-state index contributed by atoms with van der Waals surface area (Å²) in [6.07, 6.45) is 0. The zero-order valence-corrected chi connectivity index (χ0v) is 15.8. The van der Waals surface area contributed by atoms with E-state index in [4.69, 9.17) is 5.26 Å². The van der Waals surface area contributed by atoms with Gasteiger partial charge in [0.15, 0.2) is 5.16 Å². The van der Waals surface area contributed by atoms with E-state index in [1.54, 1.807) is 24.3 Å². The van der Waals surface area contributed by atoms with Crippen molar-refractivity contribution in [3.8, 4) is 11.8 Å². The van der Waals surface area contributed by atoms with Gasteiger partial charge in [-0.2, -0.15) is 5.26 Å². The number of fused-ring (bicyclic) bond motifs is 1. The Morgan fingerprint density at radius 1 is 1.03 bits per heavy atom. The Labute approximate surface area is 169 Å². The van der Waals surface area contributed by atoms with Crippen molar-refractivity contribution in [2.24, 2.45) is 0 Å². The van der Waals surface area contributed by atoms with Crippen LogP contribution in [0.1, 0.15) is 11.1 Å². The van der Waals surface area contributed by atoms with E-state index in [0.717, 1.165) is 0 Å². The maximum absolute atomic E-state index is 14.2. The molecule has 0 bridgehead atoms. The molecule has 4 aromatic rings. The first-order valence-electron chi connectivity index (χ1n) is 8.66. The third-order valence-electron chi connectivity index (χ3n) is 4.36. The number of aromatic nitrogens is 2. The molecule has 0 unspecified atom stereocenters. The molecule has 142 valence electrons. The van der Waals surface area contributed by atoms with Crippen LogP contribution in [0.25, 0.3) is 16.6 Å². The van der Waals surface area contributed by atoms with Crippen molar-refractivity contribution < 1.29 is 8.78 Å². The summed E-state index contributed by atoms with van der Waals surface area (Å²) in [5.41, 5.74) is 1.37. The molecule has 0 amide bonds. The van der Waals surface area contributed by atoms with Gasteiger partial charge in [0.05, 0.1) is 28.2 Å². The van der Waals surface area contributed by atoms with Gasteiger partial charge in [0.1, 0.15) is 11.6 Å². The lowest BCUT2D eigenvalue weighted by Crippen LogP contribution is -2.21. The monoisotopic (exact) mass is 405 g/mol. The van der Waals surface area contributed by atoms with E-state index in [9.17, 15) is 13.6 Å². The normalized spacial score (nSPS) is 10.8. The van der Waals surface area contributed by atoms with Crippen LogP contribution in [0.4, 0.5) is 8.78 Å². The van der Waals surface area contributed by atoms with Gasteiger partial charge in [0.2, 0.25) is 0 Å². The van der Waals surface area contributed by atoms with Crippen molar-refractivity contribution in [2.45, 2.75) is 10.9 Å². The van der Waals surface area contributed by atoms with Crippen LogP contribution in [0.5, 0.6) is 0 Å². The molecule has 0 spiro atoms. The first-order chi connectivity index (χ1) is 14.1. The highest BCUT2D eigenvalue weighted by atomic mass is 32.2. The third-order valence-corrected chi connectivity index (χ3v) is 5.35. The zero-order valence-electron chi connectivity index (χ0n) is 15.0. The minimum absolute atomic E-state index is 0.174. The third kappa shape index (κ3) is 3.75. The number of thioether (sulfide) groups is 1. The quantitative estimate of drug-likeness (QED) is 0.361. The summed E-state index contributed by atoms with van der Waals surface area (Å²) in [5.74, 6) is -0.680. The van der Waals surface area contributed by atoms with Gasteiger partial charge in [-0.25, -0.2) is 13.8 Å². The van der Waals surface area contributed by atoms with Crippen LogP contribution in [0.15, 0.2) is 76.7 Å². The van der Waals surface area contributed by atoms with Crippen molar-refractivity contribution in [3.05, 3.63) is 99.8 Å². The van der Waals surface area contributed by atoms with Gasteiger partial charge >= 0.3 is 0 Å². The topological polar surface area (TPSA) is 58.7 Å². The molecule has 0 fully saturated rings. The Kier molecular flexibility index (Phi) is 5.10. The number of nitriles is 1. The van der Waals surface area contributed by atoms with Crippen LogP contribution in [0, 0.1) is 23.0 Å². The lowest BCUT2D eigenvalue weighted by molar-refractivity contribution is 0.617. The van der Waals surface area contributed by atoms with E-state index in [2.05, 4.69) is 4.98 Å². The molecular formula is C22H13F2N3OS. The van der Waals surface area contributed by atoms with Crippen molar-refractivity contribution in [3.63, 3.8) is 0 Å². The van der Waals surface area contributed by atoms with E-state index in [1.807, 2.05) is 6.07 Å². The number of benzene rings is 3. The number of hydrogen-bond acceptors (Lipinski definition) is 4. The molecule has 4 rings (SSSR count). The van der Waals surface area contributed by atoms with E-state index < -0.39 is 11.6 Å². The molecule has 0 saturated heterocycles.